The fourth-order valence-corrected chi connectivity index (χ4v) is 4.47. The summed E-state index contributed by atoms with van der Waals surface area (Å²) in [6.07, 6.45) is 1.64. The molecule has 0 saturated carbocycles. The van der Waals surface area contributed by atoms with E-state index in [1.54, 1.807) is 6.92 Å². The van der Waals surface area contributed by atoms with Crippen molar-refractivity contribution < 1.29 is 37.6 Å². The number of oxime groups is 1. The molecule has 0 aliphatic carbocycles. The van der Waals surface area contributed by atoms with Crippen LogP contribution in [0.4, 0.5) is 13.6 Å². The van der Waals surface area contributed by atoms with Gasteiger partial charge in [-0.3, -0.25) is 9.59 Å². The van der Waals surface area contributed by atoms with Gasteiger partial charge in [0.05, 0.1) is 12.2 Å². The van der Waals surface area contributed by atoms with Crippen LogP contribution in [-0.4, -0.2) is 78.1 Å². The van der Waals surface area contributed by atoms with Crippen LogP contribution in [0.1, 0.15) is 49.4 Å². The van der Waals surface area contributed by atoms with Crippen molar-refractivity contribution in [1.29, 1.82) is 0 Å². The number of likely N-dealkylation sites (tertiary alicyclic amines) is 1. The highest BCUT2D eigenvalue weighted by Gasteiger charge is 2.45. The third kappa shape index (κ3) is 5.87. The van der Waals surface area contributed by atoms with E-state index in [-0.39, 0.29) is 24.1 Å². The number of hydrogen-bond donors (Lipinski definition) is 1. The molecule has 0 atom stereocenters. The number of piperidine rings is 2. The molecule has 0 bridgehead atoms. The molecule has 0 aromatic heterocycles. The Morgan fingerprint density at radius 2 is 1.89 bits per heavy atom. The molecular weight excluding hydrogens is 466 g/mol. The van der Waals surface area contributed by atoms with E-state index in [9.17, 15) is 23.2 Å². The first kappa shape index (κ1) is 24.8. The highest BCUT2D eigenvalue weighted by Crippen LogP contribution is 2.35. The van der Waals surface area contributed by atoms with E-state index in [4.69, 9.17) is 14.4 Å². The number of carbonyl (C=O) groups excluding carboxylic acids is 3. The minimum Gasteiger partial charge on any atom is -0.433 e. The number of ether oxygens (including phenoxy) is 1. The molecule has 1 spiro atoms. The molecular formula is C23H28F2N4O6. The maximum atomic E-state index is 14.0. The lowest BCUT2D eigenvalue weighted by Gasteiger charge is -2.37. The fourth-order valence-electron chi connectivity index (χ4n) is 4.47. The first-order valence-corrected chi connectivity index (χ1v) is 11.7. The largest absolute Gasteiger partial charge is 0.527 e. The van der Waals surface area contributed by atoms with Gasteiger partial charge in [-0.15, -0.1) is 5.06 Å². The second-order valence-corrected chi connectivity index (χ2v) is 8.86. The Hall–Kier alpha value is -3.28. The van der Waals surface area contributed by atoms with E-state index in [0.29, 0.717) is 70.1 Å². The van der Waals surface area contributed by atoms with E-state index < -0.39 is 29.3 Å². The molecule has 1 N–H and O–H groups in total. The maximum Gasteiger partial charge on any atom is 0.527 e. The van der Waals surface area contributed by atoms with Crippen LogP contribution in [0.3, 0.4) is 0 Å². The van der Waals surface area contributed by atoms with Crippen LogP contribution in [0, 0.1) is 11.6 Å². The van der Waals surface area contributed by atoms with Gasteiger partial charge in [0.25, 0.3) is 11.8 Å². The van der Waals surface area contributed by atoms with E-state index in [0.717, 1.165) is 12.1 Å². The Morgan fingerprint density at radius 1 is 1.17 bits per heavy atom. The van der Waals surface area contributed by atoms with Crippen LogP contribution in [-0.2, 0) is 19.2 Å². The van der Waals surface area contributed by atoms with Gasteiger partial charge >= 0.3 is 6.16 Å². The van der Waals surface area contributed by atoms with Crippen molar-refractivity contribution in [2.24, 2.45) is 5.16 Å². The lowest BCUT2D eigenvalue weighted by molar-refractivity contribution is -0.141. The van der Waals surface area contributed by atoms with Crippen molar-refractivity contribution in [1.82, 2.24) is 15.3 Å². The zero-order chi connectivity index (χ0) is 25.0. The number of nitrogens with one attached hydrogen (secondary N) is 1. The van der Waals surface area contributed by atoms with Gasteiger partial charge in [0.15, 0.2) is 0 Å². The van der Waals surface area contributed by atoms with Crippen LogP contribution in [0.15, 0.2) is 23.4 Å². The average Bonchev–Trinajstić information content (AvgIpc) is 3.24. The van der Waals surface area contributed by atoms with Crippen molar-refractivity contribution in [3.63, 3.8) is 0 Å². The number of nitrogens with zero attached hydrogens (tertiary/aromatic N) is 3. The molecule has 4 rings (SSSR count). The summed E-state index contributed by atoms with van der Waals surface area (Å²) in [5.41, 5.74) is -0.564. The highest BCUT2D eigenvalue weighted by molar-refractivity contribution is 6.39. The highest BCUT2D eigenvalue weighted by atomic mass is 19.1. The van der Waals surface area contributed by atoms with Crippen LogP contribution in [0.5, 0.6) is 0 Å². The van der Waals surface area contributed by atoms with Gasteiger partial charge in [-0.05, 0) is 31.9 Å². The minimum atomic E-state index is -0.895. The van der Waals surface area contributed by atoms with Gasteiger partial charge in [0.1, 0.15) is 22.9 Å². The summed E-state index contributed by atoms with van der Waals surface area (Å²) in [4.78, 5) is 49.0. The predicted molar refractivity (Wildman–Crippen MR) is 118 cm³/mol. The molecule has 190 valence electrons. The standard InChI is InChI=1S/C23H28F2N4O6/c1-2-33-22(32)34-29-9-5-16(6-10-29)26-20(30)19-14-23(35-27-19)7-11-28(12-8-23)21(31)17-4-3-15(24)13-18(17)25/h3-4,13,16H,2,5-12,14H2,1H3,(H,26,30). The van der Waals surface area contributed by atoms with Crippen molar-refractivity contribution in [2.45, 2.75) is 50.7 Å². The second-order valence-electron chi connectivity index (χ2n) is 8.86. The lowest BCUT2D eigenvalue weighted by atomic mass is 9.86. The summed E-state index contributed by atoms with van der Waals surface area (Å²) in [6, 6.07) is 2.79. The van der Waals surface area contributed by atoms with Gasteiger partial charge in [-0.25, -0.2) is 13.6 Å². The molecule has 35 heavy (non-hydrogen) atoms. The summed E-state index contributed by atoms with van der Waals surface area (Å²) >= 11 is 0. The van der Waals surface area contributed by atoms with Crippen molar-refractivity contribution in [3.8, 4) is 0 Å². The summed E-state index contributed by atoms with van der Waals surface area (Å²) in [7, 11) is 0. The summed E-state index contributed by atoms with van der Waals surface area (Å²) in [5, 5.41) is 8.48. The van der Waals surface area contributed by atoms with E-state index in [2.05, 4.69) is 10.5 Å². The van der Waals surface area contributed by atoms with Crippen LogP contribution in [0.25, 0.3) is 0 Å². The number of amides is 2. The Bertz CT molecular complexity index is 1000. The average molecular weight is 494 g/mol. The molecule has 3 aliphatic heterocycles. The van der Waals surface area contributed by atoms with Gasteiger partial charge < -0.3 is 24.6 Å². The van der Waals surface area contributed by atoms with Gasteiger partial charge in [-0.1, -0.05) is 5.16 Å². The Labute approximate surface area is 201 Å². The molecule has 2 amide bonds. The minimum absolute atomic E-state index is 0.0890. The van der Waals surface area contributed by atoms with E-state index >= 15 is 0 Å². The van der Waals surface area contributed by atoms with Crippen molar-refractivity contribution in [3.05, 3.63) is 35.4 Å². The molecule has 0 unspecified atom stereocenters. The smallest absolute Gasteiger partial charge is 0.433 e. The van der Waals surface area contributed by atoms with Crippen LogP contribution < -0.4 is 5.32 Å². The molecule has 3 aliphatic rings. The molecule has 0 radical (unpaired) electrons. The number of benzene rings is 1. The number of halogens is 2. The topological polar surface area (TPSA) is 110 Å². The number of carbonyl (C=O) groups is 3. The lowest BCUT2D eigenvalue weighted by Crippen LogP contribution is -2.49. The summed E-state index contributed by atoms with van der Waals surface area (Å²) in [6.45, 7) is 3.47. The van der Waals surface area contributed by atoms with Gasteiger partial charge in [-0.2, -0.15) is 0 Å². The molecule has 1 aromatic rings. The van der Waals surface area contributed by atoms with Crippen LogP contribution in [0.2, 0.25) is 0 Å². The maximum absolute atomic E-state index is 14.0. The zero-order valence-corrected chi connectivity index (χ0v) is 19.4. The van der Waals surface area contributed by atoms with Crippen molar-refractivity contribution >= 4 is 23.7 Å². The Morgan fingerprint density at radius 3 is 2.54 bits per heavy atom. The van der Waals surface area contributed by atoms with E-state index in [1.165, 1.54) is 9.96 Å². The summed E-state index contributed by atoms with van der Waals surface area (Å²) in [5.74, 6) is -2.45. The number of hydroxylamine groups is 2. The molecule has 12 heteroatoms. The number of rotatable bonds is 5. The normalized spacial score (nSPS) is 20.2. The molecule has 1 aromatic carbocycles. The second kappa shape index (κ2) is 10.5. The Kier molecular flexibility index (Phi) is 7.48. The first-order chi connectivity index (χ1) is 16.8. The molecule has 2 fully saturated rings. The van der Waals surface area contributed by atoms with Gasteiger partial charge in [0.2, 0.25) is 0 Å². The third-order valence-electron chi connectivity index (χ3n) is 6.48. The first-order valence-electron chi connectivity index (χ1n) is 11.7. The molecule has 10 nitrogen and oxygen atoms in total. The third-order valence-corrected chi connectivity index (χ3v) is 6.48. The predicted octanol–water partition coefficient (Wildman–Crippen LogP) is 2.38. The quantitative estimate of drug-likeness (QED) is 0.626. The van der Waals surface area contributed by atoms with Crippen molar-refractivity contribution in [2.75, 3.05) is 32.8 Å². The van der Waals surface area contributed by atoms with Gasteiger partial charge in [0, 0.05) is 57.5 Å². The number of hydrogen-bond acceptors (Lipinski definition) is 8. The molecule has 2 saturated heterocycles. The molecule has 3 heterocycles. The SMILES string of the molecule is CCOC(=O)ON1CCC(NC(=O)C2=NOC3(CCN(C(=O)c4ccc(F)cc4F)CC3)C2)CC1. The monoisotopic (exact) mass is 494 g/mol. The van der Waals surface area contributed by atoms with E-state index in [1.807, 2.05) is 0 Å². The summed E-state index contributed by atoms with van der Waals surface area (Å²) < 4.78 is 31.9. The van der Waals surface area contributed by atoms with Crippen LogP contribution >= 0.6 is 0 Å². The Balaban J connectivity index is 1.22. The zero-order valence-electron chi connectivity index (χ0n) is 19.4. The fraction of sp³-hybridized carbons (Fsp3) is 0.565.